The van der Waals surface area contributed by atoms with Crippen LogP contribution in [0.5, 0.6) is 0 Å². The summed E-state index contributed by atoms with van der Waals surface area (Å²) in [7, 11) is 1.97. The molecule has 1 aliphatic rings. The fourth-order valence-electron chi connectivity index (χ4n) is 3.87. The number of nitrogens with zero attached hydrogens (tertiary/aromatic N) is 1. The molecule has 4 heteroatoms. The first-order valence-corrected chi connectivity index (χ1v) is 8.61. The first-order chi connectivity index (χ1) is 12.4. The van der Waals surface area contributed by atoms with Crippen LogP contribution < -0.4 is 10.5 Å². The number of hydrogen-bond donors (Lipinski definition) is 1. The number of carbonyl (C=O) groups excluding carboxylic acids is 1. The Bertz CT molecular complexity index is 1120. The predicted octanol–water partition coefficient (Wildman–Crippen LogP) is 4.02. The van der Waals surface area contributed by atoms with Crippen LogP contribution in [0.1, 0.15) is 29.8 Å². The Morgan fingerprint density at radius 3 is 2.54 bits per heavy atom. The summed E-state index contributed by atoms with van der Waals surface area (Å²) >= 11 is 0. The van der Waals surface area contributed by atoms with Crippen molar-refractivity contribution in [1.29, 1.82) is 0 Å². The first-order valence-electron chi connectivity index (χ1n) is 8.61. The molecule has 0 saturated carbocycles. The second-order valence-corrected chi connectivity index (χ2v) is 7.19. The Morgan fingerprint density at radius 2 is 1.77 bits per heavy atom. The van der Waals surface area contributed by atoms with Crippen molar-refractivity contribution in [3.63, 3.8) is 0 Å². The van der Waals surface area contributed by atoms with Gasteiger partial charge in [0.15, 0.2) is 5.78 Å². The summed E-state index contributed by atoms with van der Waals surface area (Å²) in [5.74, 6) is -0.157. The largest absolute Gasteiger partial charge is 0.347 e. The average molecular weight is 344 g/mol. The highest BCUT2D eigenvalue weighted by molar-refractivity contribution is 6.13. The molecule has 3 aromatic rings. The summed E-state index contributed by atoms with van der Waals surface area (Å²) in [6.07, 6.45) is 1.67. The maximum atomic E-state index is 13.1. The second kappa shape index (κ2) is 5.70. The Morgan fingerprint density at radius 1 is 1.08 bits per heavy atom. The van der Waals surface area contributed by atoms with Gasteiger partial charge in [-0.1, -0.05) is 50.2 Å². The summed E-state index contributed by atoms with van der Waals surface area (Å²) in [4.78, 5) is 29.9. The highest BCUT2D eigenvalue weighted by atomic mass is 16.1. The Balaban J connectivity index is 1.86. The summed E-state index contributed by atoms with van der Waals surface area (Å²) < 4.78 is 0. The van der Waals surface area contributed by atoms with Gasteiger partial charge >= 0.3 is 0 Å². The topological polar surface area (TPSA) is 53.2 Å². The highest BCUT2D eigenvalue weighted by Crippen LogP contribution is 2.46. The molecule has 0 radical (unpaired) electrons. The Hall–Kier alpha value is -3.14. The number of pyridine rings is 1. The molecule has 1 aromatic heterocycles. The maximum Gasteiger partial charge on any atom is 0.249 e. The number of fused-ring (bicyclic) bond motifs is 2. The number of allylic oxidation sites excluding steroid dienone is 2. The van der Waals surface area contributed by atoms with Crippen LogP contribution in [0, 0.1) is 0 Å². The number of aromatic nitrogens is 1. The summed E-state index contributed by atoms with van der Waals surface area (Å²) in [6, 6.07) is 16.9. The number of carbonyl (C=O) groups is 1. The zero-order valence-corrected chi connectivity index (χ0v) is 15.0. The van der Waals surface area contributed by atoms with Gasteiger partial charge in [-0.2, -0.15) is 0 Å². The highest BCUT2D eigenvalue weighted by Gasteiger charge is 2.38. The fraction of sp³-hybridized carbons (Fsp3) is 0.182. The first kappa shape index (κ1) is 16.3. The SMILES string of the molecule is CN1/C(=C/C(=O)c2cc(=O)[nH]c3ccccc23)C(C)(C)c2ccccc21. The van der Waals surface area contributed by atoms with E-state index in [1.165, 1.54) is 11.6 Å². The van der Waals surface area contributed by atoms with Crippen molar-refractivity contribution < 1.29 is 4.79 Å². The van der Waals surface area contributed by atoms with Crippen molar-refractivity contribution in [1.82, 2.24) is 4.98 Å². The minimum absolute atomic E-state index is 0.157. The van der Waals surface area contributed by atoms with E-state index in [4.69, 9.17) is 0 Å². The fourth-order valence-corrected chi connectivity index (χ4v) is 3.87. The van der Waals surface area contributed by atoms with Gasteiger partial charge in [-0.05, 0) is 17.7 Å². The van der Waals surface area contributed by atoms with Gasteiger partial charge in [-0.15, -0.1) is 0 Å². The van der Waals surface area contributed by atoms with Crippen LogP contribution in [0.3, 0.4) is 0 Å². The number of para-hydroxylation sites is 2. The van der Waals surface area contributed by atoms with Gasteiger partial charge in [-0.3, -0.25) is 9.59 Å². The van der Waals surface area contributed by atoms with E-state index in [2.05, 4.69) is 35.9 Å². The van der Waals surface area contributed by atoms with Crippen LogP contribution in [0.4, 0.5) is 5.69 Å². The van der Waals surface area contributed by atoms with Crippen molar-refractivity contribution in [2.75, 3.05) is 11.9 Å². The van der Waals surface area contributed by atoms with E-state index < -0.39 is 0 Å². The lowest BCUT2D eigenvalue weighted by Crippen LogP contribution is -2.24. The molecule has 0 aliphatic carbocycles. The van der Waals surface area contributed by atoms with E-state index in [1.54, 1.807) is 6.08 Å². The van der Waals surface area contributed by atoms with E-state index in [0.717, 1.165) is 16.8 Å². The third-order valence-electron chi connectivity index (χ3n) is 5.22. The minimum Gasteiger partial charge on any atom is -0.347 e. The molecule has 0 bridgehead atoms. The Labute approximate surface area is 151 Å². The molecule has 4 rings (SSSR count). The standard InChI is InChI=1S/C22H20N2O2/c1-22(2)16-9-5-7-11-18(16)24(3)20(22)13-19(25)15-12-21(26)23-17-10-6-4-8-14(15)17/h4-13H,1-3H3,(H,23,26)/b20-13+. The number of ketones is 1. The lowest BCUT2D eigenvalue weighted by molar-refractivity contribution is 0.104. The third-order valence-corrected chi connectivity index (χ3v) is 5.22. The van der Waals surface area contributed by atoms with Crippen LogP contribution in [0.2, 0.25) is 0 Å². The number of anilines is 1. The molecule has 0 atom stereocenters. The number of rotatable bonds is 2. The van der Waals surface area contributed by atoms with Gasteiger partial charge in [0.05, 0.1) is 0 Å². The number of nitrogens with one attached hydrogen (secondary N) is 1. The van der Waals surface area contributed by atoms with Crippen LogP contribution in [-0.2, 0) is 5.41 Å². The molecule has 2 heterocycles. The van der Waals surface area contributed by atoms with E-state index in [0.29, 0.717) is 11.1 Å². The zero-order valence-electron chi connectivity index (χ0n) is 15.0. The van der Waals surface area contributed by atoms with E-state index in [-0.39, 0.29) is 16.8 Å². The van der Waals surface area contributed by atoms with Crippen LogP contribution in [-0.4, -0.2) is 17.8 Å². The lowest BCUT2D eigenvalue weighted by Gasteiger charge is -2.24. The molecule has 1 aliphatic heterocycles. The molecule has 0 spiro atoms. The van der Waals surface area contributed by atoms with Gasteiger partial charge < -0.3 is 9.88 Å². The van der Waals surface area contributed by atoms with Crippen molar-refractivity contribution >= 4 is 22.4 Å². The average Bonchev–Trinajstić information content (AvgIpc) is 2.82. The molecule has 0 fully saturated rings. The zero-order chi connectivity index (χ0) is 18.5. The molecule has 0 amide bonds. The van der Waals surface area contributed by atoms with Crippen LogP contribution in [0.15, 0.2) is 71.2 Å². The molecule has 26 heavy (non-hydrogen) atoms. The van der Waals surface area contributed by atoms with Crippen LogP contribution >= 0.6 is 0 Å². The Kier molecular flexibility index (Phi) is 3.58. The van der Waals surface area contributed by atoms with E-state index >= 15 is 0 Å². The lowest BCUT2D eigenvalue weighted by atomic mass is 9.83. The molecule has 0 unspecified atom stereocenters. The van der Waals surface area contributed by atoms with Crippen molar-refractivity contribution in [3.8, 4) is 0 Å². The molecule has 130 valence electrons. The van der Waals surface area contributed by atoms with Gasteiger partial charge in [0.1, 0.15) is 0 Å². The smallest absolute Gasteiger partial charge is 0.249 e. The van der Waals surface area contributed by atoms with E-state index in [1.807, 2.05) is 43.4 Å². The number of H-pyrrole nitrogens is 1. The van der Waals surface area contributed by atoms with Gasteiger partial charge in [0.2, 0.25) is 5.56 Å². The van der Waals surface area contributed by atoms with Gasteiger partial charge in [0.25, 0.3) is 0 Å². The minimum atomic E-state index is -0.280. The summed E-state index contributed by atoms with van der Waals surface area (Å²) in [6.45, 7) is 4.23. The molecular formula is C22H20N2O2. The monoisotopic (exact) mass is 344 g/mol. The van der Waals surface area contributed by atoms with Crippen molar-refractivity contribution in [3.05, 3.63) is 87.9 Å². The number of benzene rings is 2. The van der Waals surface area contributed by atoms with E-state index in [9.17, 15) is 9.59 Å². The van der Waals surface area contributed by atoms with Gasteiger partial charge in [-0.25, -0.2) is 0 Å². The van der Waals surface area contributed by atoms with Crippen LogP contribution in [0.25, 0.3) is 10.9 Å². The summed E-state index contributed by atoms with van der Waals surface area (Å²) in [5.41, 5.74) is 3.77. The normalized spacial score (nSPS) is 16.9. The maximum absolute atomic E-state index is 13.1. The number of hydrogen-bond acceptors (Lipinski definition) is 3. The van der Waals surface area contributed by atoms with Gasteiger partial charge in [0, 0.05) is 52.5 Å². The number of aromatic amines is 1. The molecule has 1 N–H and O–H groups in total. The molecular weight excluding hydrogens is 324 g/mol. The second-order valence-electron chi connectivity index (χ2n) is 7.19. The van der Waals surface area contributed by atoms with Crippen molar-refractivity contribution in [2.45, 2.75) is 19.3 Å². The predicted molar refractivity (Wildman–Crippen MR) is 105 cm³/mol. The third kappa shape index (κ3) is 2.37. The number of likely N-dealkylation sites (N-methyl/N-ethyl adjacent to an activating group) is 1. The molecule has 0 saturated heterocycles. The summed E-state index contributed by atoms with van der Waals surface area (Å²) in [5, 5.41) is 0.755. The quantitative estimate of drug-likeness (QED) is 0.564. The van der Waals surface area contributed by atoms with Crippen molar-refractivity contribution in [2.24, 2.45) is 0 Å². The molecule has 2 aromatic carbocycles. The molecule has 4 nitrogen and oxygen atoms in total.